The molecule has 2 rings (SSSR count). The highest BCUT2D eigenvalue weighted by Crippen LogP contribution is 2.24. The third-order valence-corrected chi connectivity index (χ3v) is 4.57. The molecule has 1 aromatic carbocycles. The van der Waals surface area contributed by atoms with Gasteiger partial charge in [0, 0.05) is 12.1 Å². The molecule has 0 bridgehead atoms. The Hall–Kier alpha value is -1.82. The van der Waals surface area contributed by atoms with Gasteiger partial charge >= 0.3 is 5.69 Å². The summed E-state index contributed by atoms with van der Waals surface area (Å²) in [4.78, 5) is 24.3. The number of benzene rings is 1. The van der Waals surface area contributed by atoms with Crippen LogP contribution in [0.5, 0.6) is 0 Å². The molecule has 0 saturated carbocycles. The van der Waals surface area contributed by atoms with Gasteiger partial charge in [-0.05, 0) is 38.8 Å². The molecule has 0 spiro atoms. The first kappa shape index (κ1) is 16.5. The fourth-order valence-electron chi connectivity index (χ4n) is 2.25. The average Bonchev–Trinajstić information content (AvgIpc) is 2.82. The second kappa shape index (κ2) is 6.96. The summed E-state index contributed by atoms with van der Waals surface area (Å²) < 4.78 is 1.58. The standard InChI is InChI=1S/C16H21N3O2S/c1-5-8-19-15(21)17-18-16(19)22-12(4)14(20)13-9-10(2)6-7-11(13)3/h6-7,9,12H,5,8H2,1-4H3,(H,17,21)/t12-/m0/s1. The van der Waals surface area contributed by atoms with Gasteiger partial charge in [0.05, 0.1) is 5.25 Å². The zero-order valence-electron chi connectivity index (χ0n) is 13.3. The topological polar surface area (TPSA) is 67.8 Å². The Morgan fingerprint density at radius 2 is 2.14 bits per heavy atom. The van der Waals surface area contributed by atoms with Gasteiger partial charge in [0.1, 0.15) is 0 Å². The van der Waals surface area contributed by atoms with Crippen LogP contribution >= 0.6 is 11.8 Å². The molecule has 0 unspecified atom stereocenters. The van der Waals surface area contributed by atoms with E-state index in [9.17, 15) is 9.59 Å². The fourth-order valence-corrected chi connectivity index (χ4v) is 3.20. The summed E-state index contributed by atoms with van der Waals surface area (Å²) in [6.07, 6.45) is 0.840. The van der Waals surface area contributed by atoms with Gasteiger partial charge in [-0.25, -0.2) is 9.89 Å². The fraction of sp³-hybridized carbons (Fsp3) is 0.438. The molecule has 22 heavy (non-hydrogen) atoms. The summed E-state index contributed by atoms with van der Waals surface area (Å²) in [6.45, 7) is 8.36. The number of carbonyl (C=O) groups excluding carboxylic acids is 1. The highest BCUT2D eigenvalue weighted by Gasteiger charge is 2.21. The van der Waals surface area contributed by atoms with Crippen molar-refractivity contribution < 1.29 is 4.79 Å². The number of rotatable bonds is 6. The monoisotopic (exact) mass is 319 g/mol. The number of aromatic amines is 1. The van der Waals surface area contributed by atoms with E-state index in [1.165, 1.54) is 11.8 Å². The number of aryl methyl sites for hydroxylation is 2. The van der Waals surface area contributed by atoms with Crippen molar-refractivity contribution in [3.63, 3.8) is 0 Å². The molecule has 118 valence electrons. The van der Waals surface area contributed by atoms with Crippen LogP contribution in [0.3, 0.4) is 0 Å². The number of nitrogens with one attached hydrogen (secondary N) is 1. The van der Waals surface area contributed by atoms with Gasteiger partial charge in [0.25, 0.3) is 0 Å². The molecule has 0 aliphatic heterocycles. The Labute approximate surface area is 134 Å². The molecule has 2 aromatic rings. The molecule has 0 amide bonds. The van der Waals surface area contributed by atoms with Crippen LogP contribution in [-0.2, 0) is 6.54 Å². The van der Waals surface area contributed by atoms with E-state index in [0.717, 1.165) is 23.1 Å². The first-order chi connectivity index (χ1) is 10.4. The quantitative estimate of drug-likeness (QED) is 0.656. The van der Waals surface area contributed by atoms with E-state index in [0.29, 0.717) is 11.7 Å². The largest absolute Gasteiger partial charge is 0.343 e. The number of H-pyrrole nitrogens is 1. The number of thioether (sulfide) groups is 1. The summed E-state index contributed by atoms with van der Waals surface area (Å²) in [6, 6.07) is 5.87. The molecule has 0 aliphatic rings. The van der Waals surface area contributed by atoms with Crippen molar-refractivity contribution in [2.45, 2.75) is 51.1 Å². The Morgan fingerprint density at radius 3 is 2.82 bits per heavy atom. The van der Waals surface area contributed by atoms with Crippen LogP contribution in [0.4, 0.5) is 0 Å². The van der Waals surface area contributed by atoms with E-state index >= 15 is 0 Å². The maximum Gasteiger partial charge on any atom is 0.343 e. The number of nitrogens with zero attached hydrogens (tertiary/aromatic N) is 2. The van der Waals surface area contributed by atoms with Crippen molar-refractivity contribution in [1.29, 1.82) is 0 Å². The lowest BCUT2D eigenvalue weighted by Gasteiger charge is -2.12. The van der Waals surface area contributed by atoms with Crippen molar-refractivity contribution in [2.75, 3.05) is 0 Å². The Morgan fingerprint density at radius 1 is 1.41 bits per heavy atom. The lowest BCUT2D eigenvalue weighted by molar-refractivity contribution is 0.0993. The normalized spacial score (nSPS) is 12.4. The lowest BCUT2D eigenvalue weighted by atomic mass is 10.0. The second-order valence-corrected chi connectivity index (χ2v) is 6.71. The lowest BCUT2D eigenvalue weighted by Crippen LogP contribution is -2.19. The number of carbonyl (C=O) groups is 1. The first-order valence-electron chi connectivity index (χ1n) is 7.37. The van der Waals surface area contributed by atoms with Gasteiger partial charge in [-0.15, -0.1) is 5.10 Å². The molecular formula is C16H21N3O2S. The molecule has 0 radical (unpaired) electrons. The summed E-state index contributed by atoms with van der Waals surface area (Å²) in [5, 5.41) is 6.75. The van der Waals surface area contributed by atoms with Gasteiger partial charge in [-0.3, -0.25) is 9.36 Å². The number of Topliss-reactive ketones (excluding diaryl/α,β-unsaturated/α-hetero) is 1. The molecule has 1 heterocycles. The predicted octanol–water partition coefficient (Wildman–Crippen LogP) is 2.96. The minimum atomic E-state index is -0.300. The van der Waals surface area contributed by atoms with E-state index in [-0.39, 0.29) is 16.7 Å². The molecule has 1 N–H and O–H groups in total. The van der Waals surface area contributed by atoms with Crippen LogP contribution in [0.15, 0.2) is 28.2 Å². The zero-order chi connectivity index (χ0) is 16.3. The van der Waals surface area contributed by atoms with Crippen molar-refractivity contribution in [1.82, 2.24) is 14.8 Å². The van der Waals surface area contributed by atoms with Crippen molar-refractivity contribution in [3.8, 4) is 0 Å². The number of hydrogen-bond donors (Lipinski definition) is 1. The minimum Gasteiger partial charge on any atom is -0.293 e. The van der Waals surface area contributed by atoms with E-state index < -0.39 is 0 Å². The van der Waals surface area contributed by atoms with Gasteiger partial charge in [0.15, 0.2) is 10.9 Å². The van der Waals surface area contributed by atoms with E-state index in [1.54, 1.807) is 4.57 Å². The predicted molar refractivity (Wildman–Crippen MR) is 88.7 cm³/mol. The van der Waals surface area contributed by atoms with Gasteiger partial charge in [0.2, 0.25) is 0 Å². The van der Waals surface area contributed by atoms with Crippen LogP contribution in [-0.4, -0.2) is 25.8 Å². The first-order valence-corrected chi connectivity index (χ1v) is 8.25. The minimum absolute atomic E-state index is 0.0599. The molecule has 1 atom stereocenters. The molecule has 6 heteroatoms. The van der Waals surface area contributed by atoms with Crippen molar-refractivity contribution in [3.05, 3.63) is 45.4 Å². The maximum absolute atomic E-state index is 12.7. The second-order valence-electron chi connectivity index (χ2n) is 5.41. The van der Waals surface area contributed by atoms with E-state index in [1.807, 2.05) is 45.9 Å². The smallest absolute Gasteiger partial charge is 0.293 e. The van der Waals surface area contributed by atoms with Gasteiger partial charge < -0.3 is 0 Å². The van der Waals surface area contributed by atoms with Crippen LogP contribution in [0.2, 0.25) is 0 Å². The van der Waals surface area contributed by atoms with Crippen molar-refractivity contribution in [2.24, 2.45) is 0 Å². The molecule has 1 aromatic heterocycles. The zero-order valence-corrected chi connectivity index (χ0v) is 14.2. The van der Waals surface area contributed by atoms with Crippen LogP contribution in [0.25, 0.3) is 0 Å². The van der Waals surface area contributed by atoms with Crippen LogP contribution in [0, 0.1) is 13.8 Å². The third-order valence-electron chi connectivity index (χ3n) is 3.48. The van der Waals surface area contributed by atoms with Gasteiger partial charge in [-0.2, -0.15) is 0 Å². The number of ketones is 1. The Balaban J connectivity index is 2.22. The van der Waals surface area contributed by atoms with E-state index in [4.69, 9.17) is 0 Å². The maximum atomic E-state index is 12.7. The summed E-state index contributed by atoms with van der Waals surface area (Å²) in [5.74, 6) is 0.0599. The molecule has 5 nitrogen and oxygen atoms in total. The van der Waals surface area contributed by atoms with Crippen molar-refractivity contribution >= 4 is 17.5 Å². The summed E-state index contributed by atoms with van der Waals surface area (Å²) in [5.41, 5.74) is 2.54. The number of aromatic nitrogens is 3. The Kier molecular flexibility index (Phi) is 5.24. The van der Waals surface area contributed by atoms with Gasteiger partial charge in [-0.1, -0.05) is 36.4 Å². The summed E-state index contributed by atoms with van der Waals surface area (Å²) >= 11 is 1.32. The highest BCUT2D eigenvalue weighted by atomic mass is 32.2. The summed E-state index contributed by atoms with van der Waals surface area (Å²) in [7, 11) is 0. The van der Waals surface area contributed by atoms with Crippen LogP contribution < -0.4 is 5.69 Å². The molecular weight excluding hydrogens is 298 g/mol. The van der Waals surface area contributed by atoms with Crippen LogP contribution in [0.1, 0.15) is 41.8 Å². The van der Waals surface area contributed by atoms with E-state index in [2.05, 4.69) is 10.2 Å². The molecule has 0 aliphatic carbocycles. The highest BCUT2D eigenvalue weighted by molar-refractivity contribution is 8.00. The Bertz CT molecular complexity index is 733. The molecule has 0 fully saturated rings. The average molecular weight is 319 g/mol. The third kappa shape index (κ3) is 3.50. The SMILES string of the molecule is CCCn1c(S[C@@H](C)C(=O)c2cc(C)ccc2C)n[nH]c1=O. The number of hydrogen-bond acceptors (Lipinski definition) is 4. The molecule has 0 saturated heterocycles.